The van der Waals surface area contributed by atoms with Gasteiger partial charge >= 0.3 is 5.97 Å². The molecule has 0 bridgehead atoms. The minimum Gasteiger partial charge on any atom is -0.466 e. The van der Waals surface area contributed by atoms with E-state index < -0.39 is 0 Å². The van der Waals surface area contributed by atoms with E-state index in [-0.39, 0.29) is 12.0 Å². The lowest BCUT2D eigenvalue weighted by atomic mass is 10.1. The van der Waals surface area contributed by atoms with E-state index in [1.54, 1.807) is 0 Å². The number of benzene rings is 1. The molecule has 0 fully saturated rings. The topological polar surface area (TPSA) is 38.3 Å². The molecule has 1 aromatic carbocycles. The highest BCUT2D eigenvalue weighted by Crippen LogP contribution is 2.00. The molecule has 92 valence electrons. The number of ether oxygens (including phenoxy) is 1. The Labute approximate surface area is 102 Å². The van der Waals surface area contributed by atoms with Gasteiger partial charge in [-0.05, 0) is 12.0 Å². The van der Waals surface area contributed by atoms with Crippen LogP contribution in [-0.2, 0) is 16.1 Å². The zero-order valence-corrected chi connectivity index (χ0v) is 10.3. The molecule has 0 aliphatic rings. The first kappa shape index (κ1) is 13.5. The number of carbonyl (C=O) groups excluding carboxylic acids is 1. The summed E-state index contributed by atoms with van der Waals surface area (Å²) in [6, 6.07) is 10.4. The first-order valence-electron chi connectivity index (χ1n) is 5.79. The van der Waals surface area contributed by atoms with Gasteiger partial charge in [-0.3, -0.25) is 0 Å². The first-order chi connectivity index (χ1) is 8.26. The minimum absolute atomic E-state index is 0.189. The number of hydrogen-bond donors (Lipinski definition) is 1. The van der Waals surface area contributed by atoms with Crippen LogP contribution >= 0.6 is 0 Å². The highest BCUT2D eigenvalue weighted by Gasteiger charge is 2.02. The lowest BCUT2D eigenvalue weighted by Gasteiger charge is -2.12. The van der Waals surface area contributed by atoms with Crippen molar-refractivity contribution in [3.05, 3.63) is 48.0 Å². The smallest absolute Gasteiger partial charge is 0.330 e. The molecule has 1 N–H and O–H groups in total. The predicted octanol–water partition coefficient (Wildman–Crippen LogP) is 2.28. The van der Waals surface area contributed by atoms with E-state index in [1.165, 1.54) is 18.7 Å². The summed E-state index contributed by atoms with van der Waals surface area (Å²) in [6.45, 7) is 2.87. The number of hydrogen-bond acceptors (Lipinski definition) is 3. The summed E-state index contributed by atoms with van der Waals surface area (Å²) in [5.41, 5.74) is 1.23. The Hall–Kier alpha value is -1.61. The van der Waals surface area contributed by atoms with E-state index in [1.807, 2.05) is 24.3 Å². The average molecular weight is 233 g/mol. The number of carbonyl (C=O) groups is 1. The Morgan fingerprint density at radius 1 is 1.41 bits per heavy atom. The van der Waals surface area contributed by atoms with Gasteiger partial charge in [0.2, 0.25) is 0 Å². The summed E-state index contributed by atoms with van der Waals surface area (Å²) in [4.78, 5) is 11.0. The van der Waals surface area contributed by atoms with Gasteiger partial charge in [0.05, 0.1) is 7.11 Å². The summed E-state index contributed by atoms with van der Waals surface area (Å²) in [5.74, 6) is -0.315. The van der Waals surface area contributed by atoms with Gasteiger partial charge in [0.25, 0.3) is 0 Å². The van der Waals surface area contributed by atoms with Crippen molar-refractivity contribution >= 4 is 5.97 Å². The molecule has 3 heteroatoms. The second-order valence-electron chi connectivity index (χ2n) is 3.76. The van der Waals surface area contributed by atoms with Crippen LogP contribution in [0.4, 0.5) is 0 Å². The number of rotatable bonds is 6. The second-order valence-corrected chi connectivity index (χ2v) is 3.76. The van der Waals surface area contributed by atoms with Crippen molar-refractivity contribution in [2.24, 2.45) is 0 Å². The Bertz CT molecular complexity index is 360. The summed E-state index contributed by atoms with van der Waals surface area (Å²) in [6.07, 6.45) is 4.24. The lowest BCUT2D eigenvalue weighted by Crippen LogP contribution is -2.26. The lowest BCUT2D eigenvalue weighted by molar-refractivity contribution is -0.134. The zero-order valence-electron chi connectivity index (χ0n) is 10.3. The molecule has 0 spiro atoms. The Balaban J connectivity index is 2.42. The molecule has 17 heavy (non-hydrogen) atoms. The van der Waals surface area contributed by atoms with Crippen LogP contribution in [0.1, 0.15) is 18.9 Å². The van der Waals surface area contributed by atoms with Crippen LogP contribution in [-0.4, -0.2) is 19.1 Å². The second kappa shape index (κ2) is 7.63. The van der Waals surface area contributed by atoms with E-state index in [0.29, 0.717) is 0 Å². The van der Waals surface area contributed by atoms with Crippen molar-refractivity contribution in [2.45, 2.75) is 25.9 Å². The molecular weight excluding hydrogens is 214 g/mol. The number of methoxy groups -OCH3 is 1. The molecule has 1 atom stereocenters. The molecule has 0 saturated heterocycles. The van der Waals surface area contributed by atoms with Crippen molar-refractivity contribution in [1.82, 2.24) is 5.32 Å². The molecule has 1 unspecified atom stereocenters. The molecule has 0 aliphatic heterocycles. The van der Waals surface area contributed by atoms with Gasteiger partial charge in [0.15, 0.2) is 0 Å². The van der Waals surface area contributed by atoms with Crippen molar-refractivity contribution in [2.75, 3.05) is 7.11 Å². The number of nitrogens with one attached hydrogen (secondary N) is 1. The van der Waals surface area contributed by atoms with Crippen LogP contribution in [0.3, 0.4) is 0 Å². The third-order valence-corrected chi connectivity index (χ3v) is 2.52. The molecule has 0 saturated carbocycles. The molecule has 3 nitrogen and oxygen atoms in total. The van der Waals surface area contributed by atoms with Crippen LogP contribution in [0.15, 0.2) is 42.5 Å². The van der Waals surface area contributed by atoms with Gasteiger partial charge in [-0.2, -0.15) is 0 Å². The van der Waals surface area contributed by atoms with E-state index in [0.717, 1.165) is 13.0 Å². The van der Waals surface area contributed by atoms with E-state index >= 15 is 0 Å². The van der Waals surface area contributed by atoms with Gasteiger partial charge < -0.3 is 10.1 Å². The van der Waals surface area contributed by atoms with Gasteiger partial charge in [-0.1, -0.05) is 43.3 Å². The van der Waals surface area contributed by atoms with E-state index in [9.17, 15) is 4.79 Å². The predicted molar refractivity (Wildman–Crippen MR) is 68.5 cm³/mol. The molecule has 1 aromatic rings. The van der Waals surface area contributed by atoms with Gasteiger partial charge in [-0.25, -0.2) is 4.79 Å². The minimum atomic E-state index is -0.315. The Morgan fingerprint density at radius 3 is 2.71 bits per heavy atom. The van der Waals surface area contributed by atoms with Gasteiger partial charge in [0, 0.05) is 18.7 Å². The highest BCUT2D eigenvalue weighted by molar-refractivity contribution is 5.81. The van der Waals surface area contributed by atoms with Gasteiger partial charge in [-0.15, -0.1) is 0 Å². The fraction of sp³-hybridized carbons (Fsp3) is 0.357. The number of esters is 1. The van der Waals surface area contributed by atoms with Crippen molar-refractivity contribution < 1.29 is 9.53 Å². The molecule has 0 aliphatic carbocycles. The quantitative estimate of drug-likeness (QED) is 0.605. The Kier molecular flexibility index (Phi) is 6.04. The molecular formula is C14H19NO2. The van der Waals surface area contributed by atoms with Crippen molar-refractivity contribution in [3.8, 4) is 0 Å². The standard InChI is InChI=1S/C14H19NO2/c1-3-13(9-10-14(16)17-2)15-11-12-7-5-4-6-8-12/h4-10,13,15H,3,11H2,1-2H3. The van der Waals surface area contributed by atoms with Crippen LogP contribution in [0.25, 0.3) is 0 Å². The summed E-state index contributed by atoms with van der Waals surface area (Å²) >= 11 is 0. The maximum absolute atomic E-state index is 11.0. The van der Waals surface area contributed by atoms with E-state index in [4.69, 9.17) is 0 Å². The summed E-state index contributed by atoms with van der Waals surface area (Å²) < 4.78 is 4.55. The van der Waals surface area contributed by atoms with Crippen LogP contribution in [0.5, 0.6) is 0 Å². The zero-order chi connectivity index (χ0) is 12.5. The van der Waals surface area contributed by atoms with Crippen molar-refractivity contribution in [3.63, 3.8) is 0 Å². The normalized spacial score (nSPS) is 12.6. The summed E-state index contributed by atoms with van der Waals surface area (Å²) in [5, 5.41) is 3.37. The molecule has 0 radical (unpaired) electrons. The van der Waals surface area contributed by atoms with Gasteiger partial charge in [0.1, 0.15) is 0 Å². The van der Waals surface area contributed by atoms with Crippen LogP contribution < -0.4 is 5.32 Å². The third kappa shape index (κ3) is 5.31. The average Bonchev–Trinajstić information content (AvgIpc) is 2.39. The largest absolute Gasteiger partial charge is 0.466 e. The molecule has 0 heterocycles. The van der Waals surface area contributed by atoms with Crippen LogP contribution in [0.2, 0.25) is 0 Å². The monoisotopic (exact) mass is 233 g/mol. The molecule has 0 amide bonds. The van der Waals surface area contributed by atoms with Crippen molar-refractivity contribution in [1.29, 1.82) is 0 Å². The maximum Gasteiger partial charge on any atom is 0.330 e. The molecule has 0 aromatic heterocycles. The maximum atomic E-state index is 11.0. The summed E-state index contributed by atoms with van der Waals surface area (Å²) in [7, 11) is 1.38. The fourth-order valence-electron chi connectivity index (χ4n) is 1.46. The van der Waals surface area contributed by atoms with E-state index in [2.05, 4.69) is 29.1 Å². The first-order valence-corrected chi connectivity index (χ1v) is 5.79. The third-order valence-electron chi connectivity index (χ3n) is 2.52. The highest BCUT2D eigenvalue weighted by atomic mass is 16.5. The fourth-order valence-corrected chi connectivity index (χ4v) is 1.46. The Morgan fingerprint density at radius 2 is 2.12 bits per heavy atom. The van der Waals surface area contributed by atoms with Crippen LogP contribution in [0, 0.1) is 0 Å². The molecule has 1 rings (SSSR count). The SMILES string of the molecule is CCC(C=CC(=O)OC)NCc1ccccc1.